The second-order valence-corrected chi connectivity index (χ2v) is 9.53. The molecule has 2 aromatic heterocycles. The van der Waals surface area contributed by atoms with Crippen molar-refractivity contribution in [2.24, 2.45) is 0 Å². The Morgan fingerprint density at radius 1 is 0.970 bits per heavy atom. The first-order chi connectivity index (χ1) is 16.0. The molecule has 0 unspecified atom stereocenters. The summed E-state index contributed by atoms with van der Waals surface area (Å²) in [4.78, 5) is 28.2. The lowest BCUT2D eigenvalue weighted by Crippen LogP contribution is -2.26. The van der Waals surface area contributed by atoms with Crippen molar-refractivity contribution in [1.82, 2.24) is 0 Å². The van der Waals surface area contributed by atoms with Crippen molar-refractivity contribution >= 4 is 63.5 Å². The summed E-state index contributed by atoms with van der Waals surface area (Å²) in [6.07, 6.45) is 0.656. The van der Waals surface area contributed by atoms with Gasteiger partial charge in [-0.2, -0.15) is 0 Å². The smallest absolute Gasteiger partial charge is 0.340 e. The number of benzene rings is 2. The first-order valence-corrected chi connectivity index (χ1v) is 12.3. The zero-order chi connectivity index (χ0) is 23.2. The lowest BCUT2D eigenvalue weighted by Gasteiger charge is -2.19. The summed E-state index contributed by atoms with van der Waals surface area (Å²) in [5.41, 5.74) is 2.41. The number of carbonyl (C=O) groups is 2. The van der Waals surface area contributed by atoms with Gasteiger partial charge in [-0.1, -0.05) is 60.1 Å². The fraction of sp³-hybridized carbons (Fsp3) is 0.0769. The summed E-state index contributed by atoms with van der Waals surface area (Å²) in [7, 11) is 0. The molecule has 166 valence electrons. The number of esters is 1. The molecular formula is C26H20ClNO3S2. The third-order valence-electron chi connectivity index (χ3n) is 4.84. The Bertz CT molecular complexity index is 1270. The third kappa shape index (κ3) is 5.79. The molecule has 1 amide bonds. The van der Waals surface area contributed by atoms with Crippen molar-refractivity contribution in [2.45, 2.75) is 13.0 Å². The van der Waals surface area contributed by atoms with E-state index in [2.05, 4.69) is 5.32 Å². The van der Waals surface area contributed by atoms with E-state index in [0.717, 1.165) is 15.3 Å². The van der Waals surface area contributed by atoms with Gasteiger partial charge in [-0.05, 0) is 53.6 Å². The minimum absolute atomic E-state index is 0.402. The normalized spacial score (nSPS) is 12.2. The van der Waals surface area contributed by atoms with E-state index in [9.17, 15) is 9.59 Å². The van der Waals surface area contributed by atoms with Gasteiger partial charge in [0.1, 0.15) is 0 Å². The van der Waals surface area contributed by atoms with Crippen LogP contribution in [0.3, 0.4) is 0 Å². The van der Waals surface area contributed by atoms with Crippen LogP contribution < -0.4 is 5.32 Å². The highest BCUT2D eigenvalue weighted by molar-refractivity contribution is 7.12. The van der Waals surface area contributed by atoms with Crippen molar-refractivity contribution in [2.75, 3.05) is 5.32 Å². The van der Waals surface area contributed by atoms with Crippen LogP contribution in [0.1, 0.15) is 27.0 Å². The molecule has 4 rings (SSSR count). The predicted octanol–water partition coefficient (Wildman–Crippen LogP) is 7.24. The molecule has 2 aromatic carbocycles. The standard InChI is InChI=1S/C26H20ClNO3S2/c1-17-11-12-19(15-22(17)27)28-25(29)24(18-7-3-2-4-8-18)31-26(30)21(23-10-6-14-33-23)16-20-9-5-13-32-20/h2-16,24H,1H3,(H,28,29)/b21-16+/t24-/m0/s1. The largest absolute Gasteiger partial charge is 0.444 e. The van der Waals surface area contributed by atoms with E-state index < -0.39 is 18.0 Å². The van der Waals surface area contributed by atoms with Gasteiger partial charge in [-0.25, -0.2) is 4.79 Å². The van der Waals surface area contributed by atoms with Gasteiger partial charge in [0.2, 0.25) is 6.10 Å². The number of hydrogen-bond acceptors (Lipinski definition) is 5. The van der Waals surface area contributed by atoms with Crippen LogP contribution in [0.2, 0.25) is 5.02 Å². The molecule has 0 radical (unpaired) electrons. The highest BCUT2D eigenvalue weighted by atomic mass is 35.5. The van der Waals surface area contributed by atoms with Gasteiger partial charge in [0.05, 0.1) is 5.57 Å². The van der Waals surface area contributed by atoms with Gasteiger partial charge in [0, 0.05) is 26.0 Å². The Morgan fingerprint density at radius 2 is 1.73 bits per heavy atom. The monoisotopic (exact) mass is 493 g/mol. The van der Waals surface area contributed by atoms with E-state index in [1.807, 2.05) is 54.1 Å². The summed E-state index contributed by atoms with van der Waals surface area (Å²) >= 11 is 9.16. The van der Waals surface area contributed by atoms with E-state index in [-0.39, 0.29) is 0 Å². The van der Waals surface area contributed by atoms with Crippen molar-refractivity contribution in [1.29, 1.82) is 0 Å². The van der Waals surface area contributed by atoms with E-state index in [1.165, 1.54) is 22.7 Å². The number of halogens is 1. The summed E-state index contributed by atoms with van der Waals surface area (Å²) in [5.74, 6) is -1.03. The van der Waals surface area contributed by atoms with Crippen molar-refractivity contribution in [3.63, 3.8) is 0 Å². The van der Waals surface area contributed by atoms with Crippen molar-refractivity contribution in [3.8, 4) is 0 Å². The van der Waals surface area contributed by atoms with E-state index in [4.69, 9.17) is 16.3 Å². The molecule has 4 nitrogen and oxygen atoms in total. The Hall–Kier alpha value is -3.19. The molecule has 1 atom stereocenters. The Kier molecular flexibility index (Phi) is 7.40. The van der Waals surface area contributed by atoms with Crippen molar-refractivity contribution < 1.29 is 14.3 Å². The maximum atomic E-state index is 13.3. The SMILES string of the molecule is Cc1ccc(NC(=O)[C@@H](OC(=O)/C(=C/c2cccs2)c2cccs2)c2ccccc2)cc1Cl. The summed E-state index contributed by atoms with van der Waals surface area (Å²) in [6.45, 7) is 1.88. The topological polar surface area (TPSA) is 55.4 Å². The fourth-order valence-electron chi connectivity index (χ4n) is 3.13. The molecule has 4 aromatic rings. The number of rotatable bonds is 7. The van der Waals surface area contributed by atoms with Gasteiger partial charge in [0.15, 0.2) is 0 Å². The van der Waals surface area contributed by atoms with Crippen LogP contribution in [0.15, 0.2) is 83.6 Å². The molecule has 0 aliphatic heterocycles. The average molecular weight is 494 g/mol. The lowest BCUT2D eigenvalue weighted by molar-refractivity contribution is -0.148. The van der Waals surface area contributed by atoms with Gasteiger partial charge < -0.3 is 10.1 Å². The average Bonchev–Trinajstić information content (AvgIpc) is 3.53. The number of aryl methyl sites for hydroxylation is 1. The molecule has 7 heteroatoms. The van der Waals surface area contributed by atoms with Crippen LogP contribution in [-0.4, -0.2) is 11.9 Å². The van der Waals surface area contributed by atoms with Crippen LogP contribution in [0.4, 0.5) is 5.69 Å². The van der Waals surface area contributed by atoms with E-state index in [1.54, 1.807) is 42.5 Å². The number of carbonyl (C=O) groups excluding carboxylic acids is 2. The minimum atomic E-state index is -1.13. The zero-order valence-electron chi connectivity index (χ0n) is 17.7. The van der Waals surface area contributed by atoms with Gasteiger partial charge >= 0.3 is 5.97 Å². The van der Waals surface area contributed by atoms with Crippen LogP contribution in [-0.2, 0) is 14.3 Å². The van der Waals surface area contributed by atoms with Crippen molar-refractivity contribution in [3.05, 3.63) is 109 Å². The molecule has 1 N–H and O–H groups in total. The molecule has 0 aliphatic carbocycles. The molecule has 0 aliphatic rings. The highest BCUT2D eigenvalue weighted by Gasteiger charge is 2.27. The number of thiophene rings is 2. The van der Waals surface area contributed by atoms with Crippen LogP contribution in [0.5, 0.6) is 0 Å². The number of amides is 1. The van der Waals surface area contributed by atoms with Gasteiger partial charge in [-0.3, -0.25) is 4.79 Å². The summed E-state index contributed by atoms with van der Waals surface area (Å²) in [6, 6.07) is 21.8. The van der Waals surface area contributed by atoms with E-state index in [0.29, 0.717) is 21.8 Å². The molecule has 33 heavy (non-hydrogen) atoms. The first-order valence-electron chi connectivity index (χ1n) is 10.1. The molecule has 0 saturated carbocycles. The summed E-state index contributed by atoms with van der Waals surface area (Å²) in [5, 5.41) is 7.20. The number of hydrogen-bond donors (Lipinski definition) is 1. The maximum Gasteiger partial charge on any atom is 0.340 e. The molecular weight excluding hydrogens is 474 g/mol. The van der Waals surface area contributed by atoms with Crippen LogP contribution in [0.25, 0.3) is 11.6 Å². The van der Waals surface area contributed by atoms with Gasteiger partial charge in [0.25, 0.3) is 5.91 Å². The highest BCUT2D eigenvalue weighted by Crippen LogP contribution is 2.29. The minimum Gasteiger partial charge on any atom is -0.444 e. The number of nitrogens with one attached hydrogen (secondary N) is 1. The molecule has 0 fully saturated rings. The van der Waals surface area contributed by atoms with Crippen LogP contribution in [0, 0.1) is 6.92 Å². The van der Waals surface area contributed by atoms with E-state index >= 15 is 0 Å². The predicted molar refractivity (Wildman–Crippen MR) is 137 cm³/mol. The Balaban J connectivity index is 1.63. The Morgan fingerprint density at radius 3 is 2.39 bits per heavy atom. The number of ether oxygens (including phenoxy) is 1. The van der Waals surface area contributed by atoms with Gasteiger partial charge in [-0.15, -0.1) is 22.7 Å². The second-order valence-electron chi connectivity index (χ2n) is 7.20. The quantitative estimate of drug-likeness (QED) is 0.218. The fourth-order valence-corrected chi connectivity index (χ4v) is 4.70. The lowest BCUT2D eigenvalue weighted by atomic mass is 10.1. The maximum absolute atomic E-state index is 13.3. The Labute approximate surface area is 205 Å². The van der Waals surface area contributed by atoms with Crippen LogP contribution >= 0.6 is 34.3 Å². The zero-order valence-corrected chi connectivity index (χ0v) is 20.0. The number of anilines is 1. The first kappa shape index (κ1) is 23.0. The molecule has 0 spiro atoms. The third-order valence-corrected chi connectivity index (χ3v) is 6.97. The molecule has 2 heterocycles. The molecule has 0 bridgehead atoms. The molecule has 0 saturated heterocycles. The summed E-state index contributed by atoms with van der Waals surface area (Å²) < 4.78 is 5.82. The second kappa shape index (κ2) is 10.6.